The molecule has 41 heavy (non-hydrogen) atoms. The summed E-state index contributed by atoms with van der Waals surface area (Å²) in [5, 5.41) is 3.54. The average molecular weight is 637 g/mol. The largest absolute Gasteiger partial charge is 0.354 e. The van der Waals surface area contributed by atoms with Gasteiger partial charge in [0.05, 0.1) is 20.6 Å². The first-order valence-electron chi connectivity index (χ1n) is 13.1. The molecule has 0 heterocycles. The molecule has 7 nitrogen and oxygen atoms in total. The van der Waals surface area contributed by atoms with Crippen LogP contribution in [0.5, 0.6) is 0 Å². The van der Waals surface area contributed by atoms with E-state index < -0.39 is 28.5 Å². The Balaban J connectivity index is 2.02. The Morgan fingerprint density at radius 3 is 2.12 bits per heavy atom. The zero-order chi connectivity index (χ0) is 30.3. The molecule has 3 aromatic carbocycles. The molecule has 0 bridgehead atoms. The Labute approximate surface area is 257 Å². The van der Waals surface area contributed by atoms with Crippen LogP contribution in [0.25, 0.3) is 0 Å². The predicted molar refractivity (Wildman–Crippen MR) is 168 cm³/mol. The van der Waals surface area contributed by atoms with Crippen molar-refractivity contribution >= 4 is 62.5 Å². The predicted octanol–water partition coefficient (Wildman–Crippen LogP) is 6.41. The van der Waals surface area contributed by atoms with E-state index in [-0.39, 0.29) is 23.3 Å². The van der Waals surface area contributed by atoms with Gasteiger partial charge in [-0.2, -0.15) is 0 Å². The van der Waals surface area contributed by atoms with Crippen LogP contribution in [-0.4, -0.2) is 50.5 Å². The number of rotatable bonds is 12. The lowest BCUT2D eigenvalue weighted by atomic mass is 10.1. The average Bonchev–Trinajstić information content (AvgIpc) is 2.95. The third-order valence-electron chi connectivity index (χ3n) is 6.44. The minimum atomic E-state index is -4.14. The normalized spacial score (nSPS) is 12.2. The van der Waals surface area contributed by atoms with Gasteiger partial charge in [-0.25, -0.2) is 8.42 Å². The van der Waals surface area contributed by atoms with Gasteiger partial charge in [-0.3, -0.25) is 13.9 Å². The van der Waals surface area contributed by atoms with Crippen LogP contribution in [0.4, 0.5) is 5.69 Å². The quantitative estimate of drug-likeness (QED) is 0.232. The molecule has 0 aliphatic carbocycles. The summed E-state index contributed by atoms with van der Waals surface area (Å²) < 4.78 is 29.0. The molecule has 0 saturated heterocycles. The highest BCUT2D eigenvalue weighted by Gasteiger charge is 2.32. The van der Waals surface area contributed by atoms with E-state index >= 15 is 0 Å². The van der Waals surface area contributed by atoms with Crippen LogP contribution in [0.2, 0.25) is 10.0 Å². The van der Waals surface area contributed by atoms with E-state index in [4.69, 9.17) is 23.2 Å². The Kier molecular flexibility index (Phi) is 11.6. The summed E-state index contributed by atoms with van der Waals surface area (Å²) in [7, 11) is -4.14. The van der Waals surface area contributed by atoms with E-state index in [9.17, 15) is 18.0 Å². The summed E-state index contributed by atoms with van der Waals surface area (Å²) in [4.78, 5) is 29.4. The fraction of sp³-hybridized carbons (Fsp3) is 0.333. The highest BCUT2D eigenvalue weighted by Crippen LogP contribution is 2.27. The second-order valence-electron chi connectivity index (χ2n) is 10.1. The Morgan fingerprint density at radius 1 is 0.927 bits per heavy atom. The van der Waals surface area contributed by atoms with Crippen molar-refractivity contribution in [3.8, 4) is 0 Å². The van der Waals surface area contributed by atoms with Crippen LogP contribution < -0.4 is 9.62 Å². The van der Waals surface area contributed by atoms with E-state index in [1.54, 1.807) is 61.5 Å². The van der Waals surface area contributed by atoms with Gasteiger partial charge in [0.1, 0.15) is 12.6 Å². The van der Waals surface area contributed by atoms with Crippen LogP contribution in [0.15, 0.2) is 76.5 Å². The van der Waals surface area contributed by atoms with E-state index in [0.29, 0.717) is 27.8 Å². The second kappa shape index (κ2) is 14.4. The zero-order valence-electron chi connectivity index (χ0n) is 23.7. The number of nitrogens with zero attached hydrogens (tertiary/aromatic N) is 2. The maximum atomic E-state index is 14.0. The van der Waals surface area contributed by atoms with Gasteiger partial charge in [0.15, 0.2) is 0 Å². The molecule has 11 heteroatoms. The molecule has 0 aliphatic rings. The van der Waals surface area contributed by atoms with Gasteiger partial charge in [0.2, 0.25) is 11.8 Å². The van der Waals surface area contributed by atoms with Crippen LogP contribution >= 0.6 is 35.0 Å². The van der Waals surface area contributed by atoms with Gasteiger partial charge in [-0.1, -0.05) is 60.8 Å². The van der Waals surface area contributed by atoms with Crippen molar-refractivity contribution in [2.75, 3.05) is 23.7 Å². The smallest absolute Gasteiger partial charge is 0.264 e. The van der Waals surface area contributed by atoms with Gasteiger partial charge in [0, 0.05) is 18.0 Å². The molecule has 0 radical (unpaired) electrons. The topological polar surface area (TPSA) is 86.8 Å². The van der Waals surface area contributed by atoms with Crippen molar-refractivity contribution in [2.45, 2.75) is 50.1 Å². The van der Waals surface area contributed by atoms with Gasteiger partial charge >= 0.3 is 0 Å². The summed E-state index contributed by atoms with van der Waals surface area (Å²) in [6, 6.07) is 17.5. The number of aryl methyl sites for hydroxylation is 1. The third kappa shape index (κ3) is 8.64. The van der Waals surface area contributed by atoms with Crippen molar-refractivity contribution in [2.24, 2.45) is 5.92 Å². The number of benzene rings is 3. The zero-order valence-corrected chi connectivity index (χ0v) is 26.9. The Morgan fingerprint density at radius 2 is 1.56 bits per heavy atom. The van der Waals surface area contributed by atoms with E-state index in [2.05, 4.69) is 5.32 Å². The molecule has 0 unspecified atom stereocenters. The Hall–Kier alpha value is -2.72. The second-order valence-corrected chi connectivity index (χ2v) is 13.7. The van der Waals surface area contributed by atoms with Crippen LogP contribution in [0.3, 0.4) is 0 Å². The van der Waals surface area contributed by atoms with Crippen molar-refractivity contribution in [3.63, 3.8) is 0 Å². The molecule has 3 rings (SSSR count). The lowest BCUT2D eigenvalue weighted by Crippen LogP contribution is -2.51. The molecule has 1 atom stereocenters. The molecular formula is C30H35Cl2N3O4S2. The summed E-state index contributed by atoms with van der Waals surface area (Å²) in [6.07, 6.45) is 1.90. The fourth-order valence-electron chi connectivity index (χ4n) is 3.98. The SMILES string of the molecule is CSc1ccc(S(=O)(=O)N(CC(=O)N(Cc2ccc(Cl)c(Cl)c2)[C@@H](C)C(=O)NCC(C)C)c2ccc(C)cc2)cc1. The van der Waals surface area contributed by atoms with E-state index in [1.165, 1.54) is 28.8 Å². The standard InChI is InChI=1S/C30H35Cl2N3O4S2/c1-20(2)17-33-30(37)22(4)34(18-23-8-15-27(31)28(32)16-23)29(36)19-35(24-9-6-21(3)7-10-24)41(38,39)26-13-11-25(40-5)12-14-26/h6-16,20,22H,17-19H2,1-5H3,(H,33,37)/t22-/m0/s1. The fourth-order valence-corrected chi connectivity index (χ4v) is 6.13. The van der Waals surface area contributed by atoms with Gasteiger partial charge < -0.3 is 10.2 Å². The van der Waals surface area contributed by atoms with Crippen molar-refractivity contribution in [1.82, 2.24) is 10.2 Å². The van der Waals surface area contributed by atoms with Crippen molar-refractivity contribution in [3.05, 3.63) is 87.9 Å². The number of carbonyl (C=O) groups excluding carboxylic acids is 2. The molecule has 0 aromatic heterocycles. The third-order valence-corrected chi connectivity index (χ3v) is 9.71. The summed E-state index contributed by atoms with van der Waals surface area (Å²) in [5.74, 6) is -0.678. The number of carbonyl (C=O) groups is 2. The maximum absolute atomic E-state index is 14.0. The van der Waals surface area contributed by atoms with Crippen molar-refractivity contribution in [1.29, 1.82) is 0 Å². The molecule has 0 aliphatic heterocycles. The van der Waals surface area contributed by atoms with Gasteiger partial charge in [0.25, 0.3) is 10.0 Å². The molecule has 1 N–H and O–H groups in total. The monoisotopic (exact) mass is 635 g/mol. The first-order chi connectivity index (χ1) is 19.3. The van der Waals surface area contributed by atoms with E-state index in [0.717, 1.165) is 14.8 Å². The maximum Gasteiger partial charge on any atom is 0.264 e. The van der Waals surface area contributed by atoms with Crippen LogP contribution in [-0.2, 0) is 26.2 Å². The molecule has 0 saturated carbocycles. The number of sulfonamides is 1. The molecular weight excluding hydrogens is 601 g/mol. The molecule has 0 spiro atoms. The molecule has 3 aromatic rings. The summed E-state index contributed by atoms with van der Waals surface area (Å²) in [6.45, 7) is 7.41. The highest BCUT2D eigenvalue weighted by molar-refractivity contribution is 7.98. The molecule has 220 valence electrons. The number of amides is 2. The van der Waals surface area contributed by atoms with Gasteiger partial charge in [-0.15, -0.1) is 11.8 Å². The number of hydrogen-bond donors (Lipinski definition) is 1. The van der Waals surface area contributed by atoms with Gasteiger partial charge in [-0.05, 0) is 80.1 Å². The summed E-state index contributed by atoms with van der Waals surface area (Å²) >= 11 is 13.8. The lowest BCUT2D eigenvalue weighted by Gasteiger charge is -2.32. The number of nitrogens with one attached hydrogen (secondary N) is 1. The number of thioether (sulfide) groups is 1. The first kappa shape index (κ1) is 32.8. The number of anilines is 1. The number of halogens is 2. The van der Waals surface area contributed by atoms with Crippen LogP contribution in [0.1, 0.15) is 31.9 Å². The van der Waals surface area contributed by atoms with Crippen LogP contribution in [0, 0.1) is 12.8 Å². The Bertz CT molecular complexity index is 1460. The highest BCUT2D eigenvalue weighted by atomic mass is 35.5. The summed E-state index contributed by atoms with van der Waals surface area (Å²) in [5.41, 5.74) is 1.93. The minimum absolute atomic E-state index is 0.0240. The molecule has 0 fully saturated rings. The molecule has 2 amide bonds. The minimum Gasteiger partial charge on any atom is -0.354 e. The number of hydrogen-bond acceptors (Lipinski definition) is 5. The lowest BCUT2D eigenvalue weighted by molar-refractivity contribution is -0.139. The first-order valence-corrected chi connectivity index (χ1v) is 16.5. The van der Waals surface area contributed by atoms with E-state index in [1.807, 2.05) is 27.0 Å². The van der Waals surface area contributed by atoms with Crippen molar-refractivity contribution < 1.29 is 18.0 Å².